The summed E-state index contributed by atoms with van der Waals surface area (Å²) in [7, 11) is 0. The molecule has 1 unspecified atom stereocenters. The first-order valence-corrected chi connectivity index (χ1v) is 2.63. The summed E-state index contributed by atoms with van der Waals surface area (Å²) in [5.74, 6) is 0.998. The lowest BCUT2D eigenvalue weighted by Gasteiger charge is -1.91. The van der Waals surface area contributed by atoms with Crippen LogP contribution in [0.5, 0.6) is 0 Å². The second kappa shape index (κ2) is 1.48. The molecule has 1 atom stereocenters. The summed E-state index contributed by atoms with van der Waals surface area (Å²) in [6.45, 7) is 6.94. The highest BCUT2D eigenvalue weighted by Gasteiger charge is 2.41. The molecule has 7 heavy (non-hydrogen) atoms. The second-order valence-electron chi connectivity index (χ2n) is 3.09. The van der Waals surface area contributed by atoms with Crippen molar-refractivity contribution >= 4 is 0 Å². The maximum absolute atomic E-state index is 2.32. The quantitative estimate of drug-likeness (QED) is 0.499. The summed E-state index contributed by atoms with van der Waals surface area (Å²) in [4.78, 5) is 0. The zero-order valence-corrected chi connectivity index (χ0v) is 5.49. The Kier molecular flexibility index (Phi) is 1.47. The van der Waals surface area contributed by atoms with Gasteiger partial charge in [0.15, 0.2) is 0 Å². The fraction of sp³-hybridized carbons (Fsp3) is 1.00. The Balaban J connectivity index is 0.000000360. The molecule has 1 aliphatic carbocycles. The highest BCUT2D eigenvalue weighted by molar-refractivity contribution is 4.91. The van der Waals surface area contributed by atoms with Crippen molar-refractivity contribution in [3.63, 3.8) is 0 Å². The van der Waals surface area contributed by atoms with Crippen LogP contribution in [0.25, 0.3) is 0 Å². The van der Waals surface area contributed by atoms with Crippen molar-refractivity contribution in [3.05, 3.63) is 0 Å². The first-order chi connectivity index (χ1) is 2.63. The van der Waals surface area contributed by atoms with Gasteiger partial charge in [-0.1, -0.05) is 20.8 Å². The van der Waals surface area contributed by atoms with Crippen LogP contribution >= 0.6 is 0 Å². The molecule has 0 radical (unpaired) electrons. The van der Waals surface area contributed by atoms with Gasteiger partial charge in [0.25, 0.3) is 0 Å². The van der Waals surface area contributed by atoms with E-state index in [1.165, 1.54) is 6.42 Å². The largest absolute Gasteiger partial charge is 0.344 e. The normalized spacial score (nSPS) is 33.9. The minimum atomic E-state index is 0. The van der Waals surface area contributed by atoms with E-state index in [2.05, 4.69) is 20.8 Å². The third-order valence-electron chi connectivity index (χ3n) is 2.01. The van der Waals surface area contributed by atoms with E-state index in [0.29, 0.717) is 5.41 Å². The monoisotopic (exact) mass is 101 g/mol. The van der Waals surface area contributed by atoms with Gasteiger partial charge in [0.05, 0.1) is 0 Å². The van der Waals surface area contributed by atoms with Crippen molar-refractivity contribution in [2.75, 3.05) is 0 Å². The fourth-order valence-corrected chi connectivity index (χ4v) is 0.730. The Hall–Kier alpha value is -0.0400. The van der Waals surface area contributed by atoms with Crippen LogP contribution in [0.3, 0.4) is 0 Å². The smallest absolute Gasteiger partial charge is 0.0326 e. The average molecular weight is 101 g/mol. The number of rotatable bonds is 0. The van der Waals surface area contributed by atoms with Gasteiger partial charge in [-0.25, -0.2) is 0 Å². The minimum absolute atomic E-state index is 0. The highest BCUT2D eigenvalue weighted by Crippen LogP contribution is 2.50. The van der Waals surface area contributed by atoms with Crippen LogP contribution in [0.4, 0.5) is 0 Å². The minimum Gasteiger partial charge on any atom is -0.344 e. The van der Waals surface area contributed by atoms with Crippen LogP contribution in [0.1, 0.15) is 27.2 Å². The lowest BCUT2D eigenvalue weighted by atomic mass is 10.1. The van der Waals surface area contributed by atoms with Gasteiger partial charge in [-0.05, 0) is 17.8 Å². The van der Waals surface area contributed by atoms with Crippen molar-refractivity contribution in [3.8, 4) is 0 Å². The summed E-state index contributed by atoms with van der Waals surface area (Å²) in [6.07, 6.45) is 1.44. The molecule has 0 bridgehead atoms. The molecule has 0 aromatic heterocycles. The summed E-state index contributed by atoms with van der Waals surface area (Å²) in [5, 5.41) is 0. The molecule has 3 N–H and O–H groups in total. The molecule has 0 amide bonds. The first-order valence-electron chi connectivity index (χ1n) is 2.63. The Bertz CT molecular complexity index is 66.6. The average Bonchev–Trinajstić information content (AvgIpc) is 1.73. The van der Waals surface area contributed by atoms with E-state index in [9.17, 15) is 0 Å². The van der Waals surface area contributed by atoms with Crippen LogP contribution in [-0.2, 0) is 0 Å². The lowest BCUT2D eigenvalue weighted by molar-refractivity contribution is 0.586. The van der Waals surface area contributed by atoms with E-state index in [-0.39, 0.29) is 6.15 Å². The van der Waals surface area contributed by atoms with E-state index in [0.717, 1.165) is 5.92 Å². The van der Waals surface area contributed by atoms with Crippen molar-refractivity contribution in [2.24, 2.45) is 11.3 Å². The molecule has 1 nitrogen and oxygen atoms in total. The van der Waals surface area contributed by atoms with Gasteiger partial charge in [0.2, 0.25) is 0 Å². The molecule has 44 valence electrons. The van der Waals surface area contributed by atoms with Gasteiger partial charge < -0.3 is 6.15 Å². The molecule has 0 spiro atoms. The Morgan fingerprint density at radius 2 is 1.57 bits per heavy atom. The van der Waals surface area contributed by atoms with Gasteiger partial charge in [-0.3, -0.25) is 0 Å². The van der Waals surface area contributed by atoms with Gasteiger partial charge >= 0.3 is 0 Å². The maximum atomic E-state index is 2.32. The topological polar surface area (TPSA) is 35.0 Å². The zero-order valence-electron chi connectivity index (χ0n) is 5.49. The molecule has 1 rings (SSSR count). The van der Waals surface area contributed by atoms with E-state index < -0.39 is 0 Å². The lowest BCUT2D eigenvalue weighted by Crippen LogP contribution is -1.82. The molecule has 1 saturated carbocycles. The number of hydrogen-bond donors (Lipinski definition) is 1. The van der Waals surface area contributed by atoms with Crippen molar-refractivity contribution in [1.82, 2.24) is 6.15 Å². The number of hydrogen-bond acceptors (Lipinski definition) is 1. The van der Waals surface area contributed by atoms with Gasteiger partial charge in [-0.2, -0.15) is 0 Å². The molecule has 0 aromatic rings. The molecule has 0 aliphatic heterocycles. The molecular formula is C6H15N. The maximum Gasteiger partial charge on any atom is -0.0326 e. The predicted molar refractivity (Wildman–Crippen MR) is 32.6 cm³/mol. The third kappa shape index (κ3) is 1.16. The summed E-state index contributed by atoms with van der Waals surface area (Å²) < 4.78 is 0. The van der Waals surface area contributed by atoms with E-state index in [1.807, 2.05) is 0 Å². The fourth-order valence-electron chi connectivity index (χ4n) is 0.730. The third-order valence-corrected chi connectivity index (χ3v) is 2.01. The highest BCUT2D eigenvalue weighted by atomic mass is 14.5. The Morgan fingerprint density at radius 3 is 1.57 bits per heavy atom. The van der Waals surface area contributed by atoms with E-state index in [1.54, 1.807) is 0 Å². The van der Waals surface area contributed by atoms with E-state index >= 15 is 0 Å². The van der Waals surface area contributed by atoms with Crippen molar-refractivity contribution < 1.29 is 0 Å². The Labute approximate surface area is 45.7 Å². The van der Waals surface area contributed by atoms with Crippen molar-refractivity contribution in [2.45, 2.75) is 27.2 Å². The van der Waals surface area contributed by atoms with Crippen LogP contribution in [0, 0.1) is 11.3 Å². The van der Waals surface area contributed by atoms with Gasteiger partial charge in [-0.15, -0.1) is 0 Å². The zero-order chi connectivity index (χ0) is 4.78. The predicted octanol–water partition coefficient (Wildman–Crippen LogP) is 2.21. The van der Waals surface area contributed by atoms with Crippen LogP contribution in [0.2, 0.25) is 0 Å². The molecule has 0 aromatic carbocycles. The molecule has 1 aliphatic rings. The van der Waals surface area contributed by atoms with Crippen LogP contribution in [0.15, 0.2) is 0 Å². The molecule has 1 fully saturated rings. The molecule has 0 heterocycles. The van der Waals surface area contributed by atoms with E-state index in [4.69, 9.17) is 0 Å². The first kappa shape index (κ1) is 6.96. The summed E-state index contributed by atoms with van der Waals surface area (Å²) >= 11 is 0. The van der Waals surface area contributed by atoms with Gasteiger partial charge in [0, 0.05) is 0 Å². The molecule has 1 heteroatoms. The van der Waals surface area contributed by atoms with Gasteiger partial charge in [0.1, 0.15) is 0 Å². The Morgan fingerprint density at radius 1 is 1.43 bits per heavy atom. The second-order valence-corrected chi connectivity index (χ2v) is 3.09. The van der Waals surface area contributed by atoms with Crippen LogP contribution in [-0.4, -0.2) is 0 Å². The SMILES string of the molecule is CC1CC1(C)C.N. The standard InChI is InChI=1S/C6H12.H3N/c1-5-4-6(5,2)3;/h5H,4H2,1-3H3;1H3. The molecular weight excluding hydrogens is 86.1 g/mol. The molecule has 0 saturated heterocycles. The summed E-state index contributed by atoms with van der Waals surface area (Å²) in [5.41, 5.74) is 0.708. The summed E-state index contributed by atoms with van der Waals surface area (Å²) in [6, 6.07) is 0. The van der Waals surface area contributed by atoms with Crippen molar-refractivity contribution in [1.29, 1.82) is 0 Å². The van der Waals surface area contributed by atoms with Crippen LogP contribution < -0.4 is 6.15 Å².